The van der Waals surface area contributed by atoms with Gasteiger partial charge in [0.2, 0.25) is 5.78 Å². The van der Waals surface area contributed by atoms with E-state index in [0.717, 1.165) is 11.5 Å². The van der Waals surface area contributed by atoms with Crippen LogP contribution < -0.4 is 0 Å². The summed E-state index contributed by atoms with van der Waals surface area (Å²) in [6.45, 7) is 0. The summed E-state index contributed by atoms with van der Waals surface area (Å²) in [7, 11) is 0. The molecule has 100 valence electrons. The van der Waals surface area contributed by atoms with Crippen LogP contribution in [-0.4, -0.2) is 5.78 Å². The molecule has 0 aliphatic carbocycles. The Bertz CT molecular complexity index is 791. The van der Waals surface area contributed by atoms with Gasteiger partial charge in [-0.1, -0.05) is 41.4 Å². The smallest absolute Gasteiger partial charge is 0.229 e. The molecule has 0 saturated heterocycles. The van der Waals surface area contributed by atoms with E-state index >= 15 is 0 Å². The lowest BCUT2D eigenvalue weighted by Gasteiger charge is -2.02. The molecule has 20 heavy (non-hydrogen) atoms. The Morgan fingerprint density at radius 1 is 1.05 bits per heavy atom. The largest absolute Gasteiger partial charge is 0.453 e. The van der Waals surface area contributed by atoms with Crippen LogP contribution in [0, 0.1) is 5.82 Å². The number of carbonyl (C=O) groups excluding carboxylic acids is 1. The van der Waals surface area contributed by atoms with Crippen LogP contribution in [0.3, 0.4) is 0 Å². The number of hydrogen-bond acceptors (Lipinski definition) is 2. The van der Waals surface area contributed by atoms with E-state index in [0.29, 0.717) is 5.58 Å². The van der Waals surface area contributed by atoms with Gasteiger partial charge in [-0.3, -0.25) is 4.79 Å². The molecule has 1 aromatic heterocycles. The molecule has 0 aliphatic rings. The highest BCUT2D eigenvalue weighted by Gasteiger charge is 2.19. The zero-order valence-corrected chi connectivity index (χ0v) is 11.5. The Hall–Kier alpha value is -1.84. The molecule has 0 radical (unpaired) electrons. The number of benzene rings is 2. The van der Waals surface area contributed by atoms with Gasteiger partial charge >= 0.3 is 0 Å². The van der Waals surface area contributed by atoms with E-state index in [9.17, 15) is 9.18 Å². The molecule has 0 aliphatic heterocycles. The standard InChI is InChI=1S/C15H7Cl2FO2/c16-10-7-11(17)12(18)6-9(10)15(19)14-5-8-3-1-2-4-13(8)20-14/h1-7H. The fourth-order valence-electron chi connectivity index (χ4n) is 1.92. The summed E-state index contributed by atoms with van der Waals surface area (Å²) in [5, 5.41) is 0.749. The van der Waals surface area contributed by atoms with Gasteiger partial charge in [0.05, 0.1) is 10.0 Å². The van der Waals surface area contributed by atoms with E-state index < -0.39 is 11.6 Å². The van der Waals surface area contributed by atoms with E-state index in [1.807, 2.05) is 12.1 Å². The molecule has 3 rings (SSSR count). The van der Waals surface area contributed by atoms with Crippen molar-refractivity contribution >= 4 is 40.0 Å². The van der Waals surface area contributed by atoms with Crippen LogP contribution in [0.25, 0.3) is 11.0 Å². The van der Waals surface area contributed by atoms with E-state index in [4.69, 9.17) is 27.6 Å². The van der Waals surface area contributed by atoms with Gasteiger partial charge in [0.15, 0.2) is 5.76 Å². The summed E-state index contributed by atoms with van der Waals surface area (Å²) in [4.78, 5) is 12.3. The first-order chi connectivity index (χ1) is 9.56. The van der Waals surface area contributed by atoms with Crippen LogP contribution in [0.4, 0.5) is 4.39 Å². The van der Waals surface area contributed by atoms with Crippen molar-refractivity contribution in [3.63, 3.8) is 0 Å². The molecule has 2 nitrogen and oxygen atoms in total. The van der Waals surface area contributed by atoms with Crippen molar-refractivity contribution in [2.24, 2.45) is 0 Å². The molecule has 3 aromatic rings. The molecule has 0 atom stereocenters. The van der Waals surface area contributed by atoms with Gasteiger partial charge in [-0.25, -0.2) is 4.39 Å². The molecular formula is C15H7Cl2FO2. The van der Waals surface area contributed by atoms with Gasteiger partial charge in [-0.2, -0.15) is 0 Å². The molecule has 0 saturated carbocycles. The molecule has 0 fully saturated rings. The van der Waals surface area contributed by atoms with Crippen LogP contribution in [-0.2, 0) is 0 Å². The van der Waals surface area contributed by atoms with Gasteiger partial charge in [0.1, 0.15) is 11.4 Å². The molecule has 0 amide bonds. The highest BCUT2D eigenvalue weighted by atomic mass is 35.5. The summed E-state index contributed by atoms with van der Waals surface area (Å²) in [5.41, 5.74) is 0.606. The average molecular weight is 309 g/mol. The number of ketones is 1. The molecule has 0 bridgehead atoms. The van der Waals surface area contributed by atoms with Gasteiger partial charge in [0.25, 0.3) is 0 Å². The molecule has 0 spiro atoms. The average Bonchev–Trinajstić information content (AvgIpc) is 2.86. The van der Waals surface area contributed by atoms with Crippen molar-refractivity contribution in [1.82, 2.24) is 0 Å². The fourth-order valence-corrected chi connectivity index (χ4v) is 2.39. The molecule has 0 unspecified atom stereocenters. The number of carbonyl (C=O) groups is 1. The van der Waals surface area contributed by atoms with Crippen LogP contribution in [0.2, 0.25) is 10.0 Å². The summed E-state index contributed by atoms with van der Waals surface area (Å²) in [6, 6.07) is 11.0. The van der Waals surface area contributed by atoms with Crippen molar-refractivity contribution in [3.8, 4) is 0 Å². The molecule has 2 aromatic carbocycles. The van der Waals surface area contributed by atoms with E-state index in [1.165, 1.54) is 6.07 Å². The summed E-state index contributed by atoms with van der Waals surface area (Å²) < 4.78 is 18.9. The number of halogens is 3. The Balaban J connectivity index is 2.10. The normalized spacial score (nSPS) is 10.9. The third kappa shape index (κ3) is 2.19. The Morgan fingerprint density at radius 3 is 2.55 bits per heavy atom. The minimum Gasteiger partial charge on any atom is -0.453 e. The van der Waals surface area contributed by atoms with Crippen molar-refractivity contribution in [2.45, 2.75) is 0 Å². The minimum absolute atomic E-state index is 0.0209. The third-order valence-corrected chi connectivity index (χ3v) is 3.51. The SMILES string of the molecule is O=C(c1cc2ccccc2o1)c1cc(F)c(Cl)cc1Cl. The van der Waals surface area contributed by atoms with Crippen LogP contribution in [0.15, 0.2) is 46.9 Å². The lowest BCUT2D eigenvalue weighted by Crippen LogP contribution is -2.01. The van der Waals surface area contributed by atoms with Crippen molar-refractivity contribution < 1.29 is 13.6 Å². The second-order valence-electron chi connectivity index (χ2n) is 4.22. The van der Waals surface area contributed by atoms with Crippen molar-refractivity contribution in [2.75, 3.05) is 0 Å². The van der Waals surface area contributed by atoms with Gasteiger partial charge in [0, 0.05) is 10.9 Å². The van der Waals surface area contributed by atoms with Gasteiger partial charge in [-0.05, 0) is 24.3 Å². The van der Waals surface area contributed by atoms with Crippen molar-refractivity contribution in [3.05, 3.63) is 69.7 Å². The monoisotopic (exact) mass is 308 g/mol. The maximum atomic E-state index is 13.5. The number of furan rings is 1. The lowest BCUT2D eigenvalue weighted by molar-refractivity contribution is 0.101. The third-order valence-electron chi connectivity index (χ3n) is 2.90. The predicted octanol–water partition coefficient (Wildman–Crippen LogP) is 5.11. The fraction of sp³-hybridized carbons (Fsp3) is 0. The highest BCUT2D eigenvalue weighted by Crippen LogP contribution is 2.28. The summed E-state index contributed by atoms with van der Waals surface area (Å²) in [5.74, 6) is -1.08. The quantitative estimate of drug-likeness (QED) is 0.486. The van der Waals surface area contributed by atoms with Gasteiger partial charge < -0.3 is 4.42 Å². The number of rotatable bonds is 2. The van der Waals surface area contributed by atoms with E-state index in [2.05, 4.69) is 0 Å². The predicted molar refractivity (Wildman–Crippen MR) is 76.1 cm³/mol. The second kappa shape index (κ2) is 4.93. The minimum atomic E-state index is -0.699. The highest BCUT2D eigenvalue weighted by molar-refractivity contribution is 6.37. The maximum absolute atomic E-state index is 13.5. The summed E-state index contributed by atoms with van der Waals surface area (Å²) >= 11 is 11.5. The lowest BCUT2D eigenvalue weighted by atomic mass is 10.1. The number of fused-ring (bicyclic) bond motifs is 1. The molecule has 5 heteroatoms. The number of para-hydroxylation sites is 1. The maximum Gasteiger partial charge on any atom is 0.229 e. The topological polar surface area (TPSA) is 30.2 Å². The van der Waals surface area contributed by atoms with E-state index in [1.54, 1.807) is 18.2 Å². The first-order valence-corrected chi connectivity index (χ1v) is 6.49. The second-order valence-corrected chi connectivity index (χ2v) is 5.04. The first-order valence-electron chi connectivity index (χ1n) is 5.74. The molecule has 1 heterocycles. The molecular weight excluding hydrogens is 302 g/mol. The summed E-state index contributed by atoms with van der Waals surface area (Å²) in [6.07, 6.45) is 0. The van der Waals surface area contributed by atoms with Crippen molar-refractivity contribution in [1.29, 1.82) is 0 Å². The van der Waals surface area contributed by atoms with Crippen LogP contribution in [0.1, 0.15) is 16.1 Å². The zero-order valence-electron chi connectivity index (χ0n) is 9.99. The van der Waals surface area contributed by atoms with Crippen LogP contribution >= 0.6 is 23.2 Å². The Morgan fingerprint density at radius 2 is 1.80 bits per heavy atom. The molecule has 0 N–H and O–H groups in total. The Labute approximate surface area is 123 Å². The zero-order chi connectivity index (χ0) is 14.3. The van der Waals surface area contributed by atoms with Gasteiger partial charge in [-0.15, -0.1) is 0 Å². The van der Waals surface area contributed by atoms with E-state index in [-0.39, 0.29) is 21.4 Å². The Kier molecular flexibility index (Phi) is 3.24. The van der Waals surface area contributed by atoms with Crippen LogP contribution in [0.5, 0.6) is 0 Å². The first kappa shape index (κ1) is 13.2. The number of hydrogen-bond donors (Lipinski definition) is 0.